The lowest BCUT2D eigenvalue weighted by Crippen LogP contribution is -2.36. The normalized spacial score (nSPS) is 12.6. The molecule has 4 N–H and O–H groups in total. The molecule has 1 aromatic rings. The Morgan fingerprint density at radius 1 is 1.48 bits per heavy atom. The molecule has 0 saturated carbocycles. The molecule has 0 heterocycles. The second-order valence-electron chi connectivity index (χ2n) is 4.33. The molecule has 0 bridgehead atoms. The fraction of sp³-hybridized carbons (Fsp3) is 0.364. The summed E-state index contributed by atoms with van der Waals surface area (Å²) in [5.74, 6) is 4.33. The van der Waals surface area contributed by atoms with E-state index in [1.807, 2.05) is 0 Å². The number of hydrogen-bond donors (Lipinski definition) is 3. The summed E-state index contributed by atoms with van der Waals surface area (Å²) in [4.78, 5) is 21.7. The van der Waals surface area contributed by atoms with Gasteiger partial charge in [-0.05, 0) is 19.1 Å². The number of rotatable bonds is 5. The van der Waals surface area contributed by atoms with Crippen molar-refractivity contribution in [1.29, 1.82) is 0 Å². The van der Waals surface area contributed by atoms with Crippen LogP contribution in [0.15, 0.2) is 18.2 Å². The number of nitro groups is 1. The van der Waals surface area contributed by atoms with Gasteiger partial charge in [-0.3, -0.25) is 20.8 Å². The average molecular weight is 306 g/mol. The number of nitrogens with zero attached hydrogens (tertiary/aromatic N) is 1. The third-order valence-corrected chi connectivity index (χ3v) is 2.53. The van der Waals surface area contributed by atoms with E-state index >= 15 is 0 Å². The number of alkyl halides is 3. The molecule has 0 aliphatic rings. The first kappa shape index (κ1) is 16.7. The molecule has 0 saturated heterocycles. The largest absolute Gasteiger partial charge is 0.391 e. The lowest BCUT2D eigenvalue weighted by Gasteiger charge is -2.16. The van der Waals surface area contributed by atoms with Gasteiger partial charge in [0.25, 0.3) is 11.6 Å². The first-order valence-electron chi connectivity index (χ1n) is 5.76. The number of nitro benzene ring substituents is 1. The molecule has 0 aromatic heterocycles. The van der Waals surface area contributed by atoms with Crippen molar-refractivity contribution in [2.45, 2.75) is 25.6 Å². The Labute approximate surface area is 117 Å². The van der Waals surface area contributed by atoms with Crippen molar-refractivity contribution < 1.29 is 22.9 Å². The van der Waals surface area contributed by atoms with Gasteiger partial charge in [-0.2, -0.15) is 13.2 Å². The van der Waals surface area contributed by atoms with Crippen molar-refractivity contribution >= 4 is 17.3 Å². The zero-order valence-electron chi connectivity index (χ0n) is 10.9. The molecule has 1 atom stereocenters. The number of hydrogen-bond acceptors (Lipinski definition) is 5. The number of anilines is 1. The minimum absolute atomic E-state index is 0.0393. The van der Waals surface area contributed by atoms with Crippen molar-refractivity contribution in [2.75, 3.05) is 5.43 Å². The predicted molar refractivity (Wildman–Crippen MR) is 68.5 cm³/mol. The molecule has 1 aromatic carbocycles. The van der Waals surface area contributed by atoms with Crippen molar-refractivity contribution in [2.24, 2.45) is 5.84 Å². The highest BCUT2D eigenvalue weighted by Crippen LogP contribution is 2.25. The summed E-state index contributed by atoms with van der Waals surface area (Å²) in [6.45, 7) is 1.21. The minimum atomic E-state index is -4.40. The fourth-order valence-electron chi connectivity index (χ4n) is 1.66. The molecular formula is C11H13F3N4O3. The first-order chi connectivity index (χ1) is 9.64. The van der Waals surface area contributed by atoms with Crippen molar-refractivity contribution in [3.63, 3.8) is 0 Å². The number of carbonyl (C=O) groups excluding carboxylic acids is 1. The van der Waals surface area contributed by atoms with Crippen LogP contribution in [0.25, 0.3) is 0 Å². The molecule has 1 amide bonds. The third kappa shape index (κ3) is 4.91. The molecule has 0 aliphatic heterocycles. The van der Waals surface area contributed by atoms with Gasteiger partial charge in [0, 0.05) is 17.7 Å². The summed E-state index contributed by atoms with van der Waals surface area (Å²) in [5, 5.41) is 12.8. The van der Waals surface area contributed by atoms with Gasteiger partial charge in [0.15, 0.2) is 0 Å². The summed E-state index contributed by atoms with van der Waals surface area (Å²) in [6.07, 6.45) is -5.57. The van der Waals surface area contributed by atoms with Crippen molar-refractivity contribution in [3.05, 3.63) is 33.9 Å². The van der Waals surface area contributed by atoms with E-state index in [4.69, 9.17) is 5.84 Å². The number of nitrogens with one attached hydrogen (secondary N) is 2. The monoisotopic (exact) mass is 306 g/mol. The zero-order valence-corrected chi connectivity index (χ0v) is 10.9. The van der Waals surface area contributed by atoms with Crippen molar-refractivity contribution in [1.82, 2.24) is 5.32 Å². The van der Waals surface area contributed by atoms with E-state index in [0.717, 1.165) is 18.2 Å². The fourth-order valence-corrected chi connectivity index (χ4v) is 1.66. The number of halogens is 3. The number of nitrogens with two attached hydrogens (primary N) is 1. The van der Waals surface area contributed by atoms with Gasteiger partial charge >= 0.3 is 6.18 Å². The topological polar surface area (TPSA) is 110 Å². The lowest BCUT2D eigenvalue weighted by molar-refractivity contribution is -0.384. The Kier molecular flexibility index (Phi) is 5.08. The zero-order chi connectivity index (χ0) is 16.2. The Hall–Kier alpha value is -2.36. The van der Waals surface area contributed by atoms with E-state index in [0.29, 0.717) is 0 Å². The lowest BCUT2D eigenvalue weighted by atomic mass is 10.1. The Bertz CT molecular complexity index is 548. The molecule has 0 radical (unpaired) electrons. The highest BCUT2D eigenvalue weighted by Gasteiger charge is 2.30. The molecule has 116 valence electrons. The molecule has 0 fully saturated rings. The molecular weight excluding hydrogens is 293 g/mol. The van der Waals surface area contributed by atoms with Gasteiger partial charge in [-0.15, -0.1) is 0 Å². The van der Waals surface area contributed by atoms with Crippen LogP contribution < -0.4 is 16.6 Å². The van der Waals surface area contributed by atoms with Crippen LogP contribution in [-0.4, -0.2) is 23.0 Å². The summed E-state index contributed by atoms with van der Waals surface area (Å²) >= 11 is 0. The van der Waals surface area contributed by atoms with Crippen LogP contribution in [0.4, 0.5) is 24.5 Å². The maximum absolute atomic E-state index is 12.2. The molecule has 7 nitrogen and oxygen atoms in total. The molecule has 0 spiro atoms. The molecule has 1 rings (SSSR count). The van der Waals surface area contributed by atoms with E-state index in [1.165, 1.54) is 6.92 Å². The van der Waals surface area contributed by atoms with E-state index < -0.39 is 29.5 Å². The molecule has 0 aliphatic carbocycles. The highest BCUT2D eigenvalue weighted by atomic mass is 19.4. The van der Waals surface area contributed by atoms with Crippen LogP contribution in [0.3, 0.4) is 0 Å². The van der Waals surface area contributed by atoms with Crippen LogP contribution >= 0.6 is 0 Å². The number of carbonyl (C=O) groups is 1. The van der Waals surface area contributed by atoms with Crippen LogP contribution in [-0.2, 0) is 0 Å². The third-order valence-electron chi connectivity index (χ3n) is 2.53. The smallest absolute Gasteiger partial charge is 0.349 e. The summed E-state index contributed by atoms with van der Waals surface area (Å²) in [7, 11) is 0. The standard InChI is InChI=1S/C11H13F3N4O3/c1-6(5-11(12,13)14)16-10(19)7-2-3-9(18(20)21)8(4-7)17-15/h2-4,6,17H,5,15H2,1H3,(H,16,19). The van der Waals surface area contributed by atoms with Gasteiger partial charge in [-0.1, -0.05) is 0 Å². The van der Waals surface area contributed by atoms with E-state index in [2.05, 4.69) is 10.7 Å². The van der Waals surface area contributed by atoms with E-state index in [9.17, 15) is 28.1 Å². The quantitative estimate of drug-likeness (QED) is 0.437. The number of nitrogen functional groups attached to an aromatic ring is 1. The van der Waals surface area contributed by atoms with Crippen LogP contribution in [0.2, 0.25) is 0 Å². The van der Waals surface area contributed by atoms with Gasteiger partial charge in [0.1, 0.15) is 5.69 Å². The number of benzene rings is 1. The van der Waals surface area contributed by atoms with Gasteiger partial charge in [0.2, 0.25) is 0 Å². The summed E-state index contributed by atoms with van der Waals surface area (Å²) in [5.41, 5.74) is 1.56. The number of hydrazine groups is 1. The number of amides is 1. The Morgan fingerprint density at radius 3 is 2.57 bits per heavy atom. The summed E-state index contributed by atoms with van der Waals surface area (Å²) in [6, 6.07) is 2.14. The minimum Gasteiger partial charge on any atom is -0.349 e. The molecule has 21 heavy (non-hydrogen) atoms. The van der Waals surface area contributed by atoms with Gasteiger partial charge < -0.3 is 10.7 Å². The van der Waals surface area contributed by atoms with Gasteiger partial charge in [0.05, 0.1) is 11.3 Å². The Morgan fingerprint density at radius 2 is 2.10 bits per heavy atom. The second-order valence-corrected chi connectivity index (χ2v) is 4.33. The highest BCUT2D eigenvalue weighted by molar-refractivity contribution is 5.96. The van der Waals surface area contributed by atoms with E-state index in [1.54, 1.807) is 0 Å². The van der Waals surface area contributed by atoms with Crippen LogP contribution in [0, 0.1) is 10.1 Å². The molecule has 10 heteroatoms. The average Bonchev–Trinajstić information content (AvgIpc) is 2.35. The van der Waals surface area contributed by atoms with Gasteiger partial charge in [-0.25, -0.2) is 0 Å². The van der Waals surface area contributed by atoms with Crippen LogP contribution in [0.5, 0.6) is 0 Å². The second kappa shape index (κ2) is 6.39. The maximum atomic E-state index is 12.2. The Balaban J connectivity index is 2.86. The predicted octanol–water partition coefficient (Wildman–Crippen LogP) is 1.95. The maximum Gasteiger partial charge on any atom is 0.391 e. The van der Waals surface area contributed by atoms with E-state index in [-0.39, 0.29) is 16.9 Å². The SMILES string of the molecule is CC(CC(F)(F)F)NC(=O)c1ccc([N+](=O)[O-])c(NN)c1. The first-order valence-corrected chi connectivity index (χ1v) is 5.76. The van der Waals surface area contributed by atoms with Crippen molar-refractivity contribution in [3.8, 4) is 0 Å². The van der Waals surface area contributed by atoms with Crippen LogP contribution in [0.1, 0.15) is 23.7 Å². The molecule has 1 unspecified atom stereocenters. The summed E-state index contributed by atoms with van der Waals surface area (Å²) < 4.78 is 36.5.